The van der Waals surface area contributed by atoms with Crippen LogP contribution in [0.25, 0.3) is 61.0 Å². The van der Waals surface area contributed by atoms with Crippen LogP contribution in [0.5, 0.6) is 11.5 Å². The molecule has 0 amide bonds. The second-order valence-electron chi connectivity index (χ2n) is 22.0. The van der Waals surface area contributed by atoms with E-state index in [-0.39, 0.29) is 67.0 Å². The van der Waals surface area contributed by atoms with Crippen molar-refractivity contribution in [2.75, 3.05) is 9.80 Å². The van der Waals surface area contributed by atoms with E-state index in [9.17, 15) is 0 Å². The van der Waals surface area contributed by atoms with Gasteiger partial charge in [-0.15, -0.1) is 48.1 Å². The summed E-state index contributed by atoms with van der Waals surface area (Å²) in [6.45, 7) is 24.5. The van der Waals surface area contributed by atoms with E-state index in [1.165, 1.54) is 27.8 Å². The van der Waals surface area contributed by atoms with Crippen molar-refractivity contribution >= 4 is 44.6 Å². The number of nitrogens with zero attached hydrogens (tertiary/aromatic N) is 4. The van der Waals surface area contributed by atoms with Gasteiger partial charge in [0.2, 0.25) is 0 Å². The molecule has 0 saturated carbocycles. The van der Waals surface area contributed by atoms with Crippen molar-refractivity contribution in [2.24, 2.45) is 0 Å². The second-order valence-corrected chi connectivity index (χ2v) is 22.0. The normalized spacial score (nSPS) is 13.8. The summed E-state index contributed by atoms with van der Waals surface area (Å²) < 4.78 is 50.7. The van der Waals surface area contributed by atoms with Crippen LogP contribution in [0.15, 0.2) is 182 Å². The molecule has 0 atom stereocenters. The molecule has 1 aliphatic heterocycles. The third kappa shape index (κ3) is 9.64. The topological polar surface area (TPSA) is 33.5 Å². The van der Waals surface area contributed by atoms with E-state index in [0.717, 1.165) is 55.7 Å². The van der Waals surface area contributed by atoms with E-state index in [2.05, 4.69) is 188 Å². The fourth-order valence-corrected chi connectivity index (χ4v) is 9.61. The molecule has 0 spiro atoms. The molecule has 0 radical (unpaired) electrons. The third-order valence-corrected chi connectivity index (χ3v) is 13.8. The van der Waals surface area contributed by atoms with Gasteiger partial charge in [0.1, 0.15) is 5.82 Å². The quantitative estimate of drug-likeness (QED) is 0.142. The minimum Gasteiger partial charge on any atom is -0.509 e. The third-order valence-electron chi connectivity index (χ3n) is 13.8. The summed E-state index contributed by atoms with van der Waals surface area (Å²) in [7, 11) is 0. The van der Waals surface area contributed by atoms with Crippen molar-refractivity contribution in [3.63, 3.8) is 0 Å². The van der Waals surface area contributed by atoms with E-state index >= 15 is 0 Å². The zero-order valence-corrected chi connectivity index (χ0v) is 45.3. The SMILES string of the molecule is [2H]c1c([2H])c([2H])c(-c2cnc(-n3c4[c-]c(Oc5[c-]c(N6[CH-]N(c7cc(C(C)(C)C)cc(C(C)(C)C)c7)c7cc(-c8cc(-c9ccccc9)cc(C(C)(C)C)c8)ccc76)ccc5)ccc4c4ccccc43)cc2C)c([2H])c1[2H].[Pt]. The molecule has 0 N–H and O–H groups in total. The Labute approximate surface area is 453 Å². The van der Waals surface area contributed by atoms with Crippen molar-refractivity contribution in [1.82, 2.24) is 9.55 Å². The summed E-state index contributed by atoms with van der Waals surface area (Å²) >= 11 is 0. The maximum Gasteiger partial charge on any atom is 0.135 e. The minimum atomic E-state index is -0.432. The number of pyridine rings is 1. The Morgan fingerprint density at radius 3 is 1.89 bits per heavy atom. The van der Waals surface area contributed by atoms with Crippen molar-refractivity contribution in [3.8, 4) is 50.7 Å². The Morgan fingerprint density at radius 1 is 0.534 bits per heavy atom. The molecule has 8 aromatic carbocycles. The number of aromatic nitrogens is 2. The van der Waals surface area contributed by atoms with E-state index in [1.54, 1.807) is 6.20 Å². The van der Waals surface area contributed by atoms with Gasteiger partial charge in [0.25, 0.3) is 0 Å². The van der Waals surface area contributed by atoms with E-state index in [4.69, 9.17) is 16.6 Å². The van der Waals surface area contributed by atoms with Crippen molar-refractivity contribution in [1.29, 1.82) is 0 Å². The molecule has 368 valence electrons. The van der Waals surface area contributed by atoms with Gasteiger partial charge in [-0.3, -0.25) is 0 Å². The average Bonchev–Trinajstić information content (AvgIpc) is 4.13. The largest absolute Gasteiger partial charge is 0.509 e. The standard InChI is InChI=1S/C67H61N4O.Pt/c1-44-32-64(68-42-59(44)46-22-15-12-16-23-46)71-60-27-18-17-26-57(60)58-30-29-56(41-62(58)71)72-55-25-19-24-53(40-55)69-43-70(54-38-51(66(5,6)7)37-52(39-54)67(8,9)10)63-36-47(28-31-61(63)69)49-33-48(45-20-13-11-14-21-45)34-50(35-49)65(2,3)4;/h11-39,42-43H,1-10H3;/q-3;/i12D,15D,16D,22D,23D;. The number of hydrogen-bond donors (Lipinski definition) is 0. The number of para-hydroxylation sites is 1. The number of aryl methyl sites for hydroxylation is 1. The molecule has 0 fully saturated rings. The number of fused-ring (bicyclic) bond motifs is 4. The van der Waals surface area contributed by atoms with Crippen LogP contribution in [-0.2, 0) is 37.3 Å². The van der Waals surface area contributed by atoms with Crippen molar-refractivity contribution < 1.29 is 32.7 Å². The molecule has 0 bridgehead atoms. The van der Waals surface area contributed by atoms with Crippen LogP contribution in [0.4, 0.5) is 22.7 Å². The summed E-state index contributed by atoms with van der Waals surface area (Å²) in [6, 6.07) is 56.8. The van der Waals surface area contributed by atoms with Crippen molar-refractivity contribution in [2.45, 2.75) is 85.5 Å². The van der Waals surface area contributed by atoms with E-state index in [0.29, 0.717) is 28.4 Å². The number of hydrogen-bond acceptors (Lipinski definition) is 4. The van der Waals surface area contributed by atoms with Crippen LogP contribution in [0.3, 0.4) is 0 Å². The van der Waals surface area contributed by atoms with Crippen LogP contribution in [0.1, 0.15) is 91.4 Å². The number of anilines is 4. The van der Waals surface area contributed by atoms with Crippen LogP contribution in [0.2, 0.25) is 0 Å². The van der Waals surface area contributed by atoms with Gasteiger partial charge in [-0.1, -0.05) is 171 Å². The second kappa shape index (κ2) is 19.0. The van der Waals surface area contributed by atoms with Crippen LogP contribution < -0.4 is 14.5 Å². The van der Waals surface area contributed by atoms with Gasteiger partial charge < -0.3 is 19.1 Å². The first kappa shape index (κ1) is 43.4. The molecule has 3 heterocycles. The first-order valence-corrected chi connectivity index (χ1v) is 24.7. The van der Waals surface area contributed by atoms with Gasteiger partial charge in [-0.2, -0.15) is 12.1 Å². The Hall–Kier alpha value is -7.20. The van der Waals surface area contributed by atoms with E-state index in [1.807, 2.05) is 60.0 Å². The molecule has 0 saturated heterocycles. The molecule has 11 rings (SSSR count). The predicted octanol–water partition coefficient (Wildman–Crippen LogP) is 18.2. The van der Waals surface area contributed by atoms with Gasteiger partial charge in [0, 0.05) is 66.9 Å². The Bertz CT molecular complexity index is 3920. The maximum absolute atomic E-state index is 8.64. The monoisotopic (exact) mass is 1140 g/mol. The Balaban J connectivity index is 0.00000688. The summed E-state index contributed by atoms with van der Waals surface area (Å²) in [5.74, 6) is 1.59. The Kier molecular flexibility index (Phi) is 11.3. The fraction of sp³-hybridized carbons (Fsp3) is 0.194. The summed E-state index contributed by atoms with van der Waals surface area (Å²) in [5, 5.41) is 1.96. The smallest absolute Gasteiger partial charge is 0.135 e. The zero-order chi connectivity index (χ0) is 54.5. The molecule has 0 aliphatic carbocycles. The Morgan fingerprint density at radius 2 is 1.19 bits per heavy atom. The first-order valence-electron chi connectivity index (χ1n) is 27.2. The number of rotatable bonds is 8. The van der Waals surface area contributed by atoms with Crippen LogP contribution in [-0.4, -0.2) is 9.55 Å². The maximum atomic E-state index is 8.64. The van der Waals surface area contributed by atoms with Gasteiger partial charge in [0.05, 0.1) is 6.85 Å². The average molecular weight is 1140 g/mol. The molecule has 2 aromatic heterocycles. The first-order chi connectivity index (χ1) is 36.5. The summed E-state index contributed by atoms with van der Waals surface area (Å²) in [4.78, 5) is 9.39. The zero-order valence-electron chi connectivity index (χ0n) is 48.0. The molecule has 5 nitrogen and oxygen atoms in total. The van der Waals surface area contributed by atoms with Crippen LogP contribution >= 0.6 is 0 Å². The van der Waals surface area contributed by atoms with E-state index < -0.39 is 6.04 Å². The van der Waals surface area contributed by atoms with Gasteiger partial charge >= 0.3 is 0 Å². The molecule has 6 heteroatoms. The molecule has 10 aromatic rings. The molecule has 73 heavy (non-hydrogen) atoms. The summed E-state index contributed by atoms with van der Waals surface area (Å²) in [5.41, 5.74) is 15.1. The molecule has 1 aliphatic rings. The van der Waals surface area contributed by atoms with Crippen LogP contribution in [0, 0.1) is 25.7 Å². The minimum absolute atomic E-state index is 0. The summed E-state index contributed by atoms with van der Waals surface area (Å²) in [6.07, 6.45) is 1.59. The number of ether oxygens (including phenoxy) is 1. The molecular formula is C67H61N4OPt-3. The molecular weight excluding hydrogens is 1070 g/mol. The number of benzene rings is 8. The predicted molar refractivity (Wildman–Crippen MR) is 301 cm³/mol. The van der Waals surface area contributed by atoms with Gasteiger partial charge in [0.15, 0.2) is 0 Å². The van der Waals surface area contributed by atoms with Crippen molar-refractivity contribution in [3.05, 3.63) is 223 Å². The van der Waals surface area contributed by atoms with Gasteiger partial charge in [-0.25, -0.2) is 4.98 Å². The fourth-order valence-electron chi connectivity index (χ4n) is 9.61. The van der Waals surface area contributed by atoms with Gasteiger partial charge in [-0.05, 0) is 121 Å². The molecule has 0 unspecified atom stereocenters.